The first-order valence-corrected chi connectivity index (χ1v) is 7.11. The summed E-state index contributed by atoms with van der Waals surface area (Å²) in [4.78, 5) is 0. The minimum absolute atomic E-state index is 0.457. The Morgan fingerprint density at radius 1 is 1.44 bits per heavy atom. The number of aryl methyl sites for hydroxylation is 1. The third-order valence-corrected chi connectivity index (χ3v) is 4.29. The van der Waals surface area contributed by atoms with Crippen molar-refractivity contribution in [1.82, 2.24) is 15.1 Å². The van der Waals surface area contributed by atoms with Crippen LogP contribution in [0, 0.1) is 6.92 Å². The molecule has 0 saturated carbocycles. The molecule has 1 N–H and O–H groups in total. The standard InChI is InChI=1S/C14H23N3O/c1-10-8-16-17(13-4-6-18-9-13)14(10)12-3-5-15-11(2)7-12/h8,11-13,15H,3-7,9H2,1-2H3/t11?,12?,13-/m0/s1. The number of nitrogens with zero attached hydrogens (tertiary/aromatic N) is 2. The maximum absolute atomic E-state index is 5.51. The fraction of sp³-hybridized carbons (Fsp3) is 0.786. The van der Waals surface area contributed by atoms with Gasteiger partial charge in [-0.3, -0.25) is 4.68 Å². The molecule has 4 heteroatoms. The number of nitrogens with one attached hydrogen (secondary N) is 1. The highest BCUT2D eigenvalue weighted by Gasteiger charge is 2.28. The van der Waals surface area contributed by atoms with Crippen LogP contribution in [-0.4, -0.2) is 35.6 Å². The van der Waals surface area contributed by atoms with Crippen LogP contribution in [0.3, 0.4) is 0 Å². The molecule has 2 fully saturated rings. The second-order valence-electron chi connectivity index (χ2n) is 5.75. The summed E-state index contributed by atoms with van der Waals surface area (Å²) in [6.07, 6.45) is 5.58. The van der Waals surface area contributed by atoms with E-state index < -0.39 is 0 Å². The Bertz CT molecular complexity index is 409. The van der Waals surface area contributed by atoms with Gasteiger partial charge in [0.1, 0.15) is 0 Å². The van der Waals surface area contributed by atoms with E-state index in [1.165, 1.54) is 24.1 Å². The lowest BCUT2D eigenvalue weighted by Crippen LogP contribution is -2.36. The van der Waals surface area contributed by atoms with Crippen molar-refractivity contribution in [1.29, 1.82) is 0 Å². The maximum Gasteiger partial charge on any atom is 0.0777 e. The second-order valence-corrected chi connectivity index (χ2v) is 5.75. The fourth-order valence-corrected chi connectivity index (χ4v) is 3.35. The zero-order valence-corrected chi connectivity index (χ0v) is 11.4. The van der Waals surface area contributed by atoms with Gasteiger partial charge < -0.3 is 10.1 Å². The lowest BCUT2D eigenvalue weighted by molar-refractivity contribution is 0.183. The van der Waals surface area contributed by atoms with Crippen LogP contribution in [0.1, 0.15) is 49.4 Å². The van der Waals surface area contributed by atoms with Crippen molar-refractivity contribution in [3.63, 3.8) is 0 Å². The molecule has 18 heavy (non-hydrogen) atoms. The Kier molecular flexibility index (Phi) is 3.39. The van der Waals surface area contributed by atoms with E-state index in [0.717, 1.165) is 26.2 Å². The van der Waals surface area contributed by atoms with Crippen LogP contribution in [-0.2, 0) is 4.74 Å². The van der Waals surface area contributed by atoms with Crippen LogP contribution in [0.15, 0.2) is 6.20 Å². The molecule has 0 aromatic carbocycles. The van der Waals surface area contributed by atoms with Crippen LogP contribution in [0.4, 0.5) is 0 Å². The summed E-state index contributed by atoms with van der Waals surface area (Å²) in [5.41, 5.74) is 2.81. The molecule has 100 valence electrons. The van der Waals surface area contributed by atoms with Crippen molar-refractivity contribution in [2.75, 3.05) is 19.8 Å². The molecular weight excluding hydrogens is 226 g/mol. The molecule has 1 aromatic rings. The number of hydrogen-bond donors (Lipinski definition) is 1. The highest BCUT2D eigenvalue weighted by Crippen LogP contribution is 2.33. The van der Waals surface area contributed by atoms with Crippen molar-refractivity contribution < 1.29 is 4.74 Å². The van der Waals surface area contributed by atoms with Gasteiger partial charge in [0.05, 0.1) is 18.8 Å². The Hall–Kier alpha value is -0.870. The van der Waals surface area contributed by atoms with Crippen LogP contribution in [0.25, 0.3) is 0 Å². The summed E-state index contributed by atoms with van der Waals surface area (Å²) in [7, 11) is 0. The van der Waals surface area contributed by atoms with Crippen LogP contribution < -0.4 is 5.32 Å². The quantitative estimate of drug-likeness (QED) is 0.871. The third-order valence-electron chi connectivity index (χ3n) is 4.29. The average Bonchev–Trinajstić information content (AvgIpc) is 2.97. The molecule has 0 radical (unpaired) electrons. The Morgan fingerprint density at radius 3 is 3.06 bits per heavy atom. The summed E-state index contributed by atoms with van der Waals surface area (Å²) in [5.74, 6) is 0.657. The first kappa shape index (κ1) is 12.2. The van der Waals surface area contributed by atoms with E-state index in [4.69, 9.17) is 4.74 Å². The topological polar surface area (TPSA) is 39.1 Å². The Morgan fingerprint density at radius 2 is 2.33 bits per heavy atom. The molecule has 2 unspecified atom stereocenters. The highest BCUT2D eigenvalue weighted by atomic mass is 16.5. The summed E-state index contributed by atoms with van der Waals surface area (Å²) >= 11 is 0. The van der Waals surface area contributed by atoms with E-state index in [1.807, 2.05) is 6.20 Å². The molecule has 3 atom stereocenters. The molecule has 1 aromatic heterocycles. The number of aromatic nitrogens is 2. The van der Waals surface area contributed by atoms with Gasteiger partial charge in [-0.15, -0.1) is 0 Å². The smallest absolute Gasteiger partial charge is 0.0777 e. The number of rotatable bonds is 2. The zero-order chi connectivity index (χ0) is 12.5. The molecule has 0 spiro atoms. The van der Waals surface area contributed by atoms with Crippen molar-refractivity contribution in [2.24, 2.45) is 0 Å². The average molecular weight is 249 g/mol. The maximum atomic E-state index is 5.51. The van der Waals surface area contributed by atoms with E-state index in [0.29, 0.717) is 18.0 Å². The molecule has 0 aliphatic carbocycles. The zero-order valence-electron chi connectivity index (χ0n) is 11.4. The molecule has 2 aliphatic heterocycles. The Labute approximate surface area is 109 Å². The normalized spacial score (nSPS) is 32.9. The van der Waals surface area contributed by atoms with Crippen molar-refractivity contribution in [3.8, 4) is 0 Å². The number of hydrogen-bond acceptors (Lipinski definition) is 3. The van der Waals surface area contributed by atoms with E-state index in [-0.39, 0.29) is 0 Å². The van der Waals surface area contributed by atoms with Gasteiger partial charge in [0.15, 0.2) is 0 Å². The Balaban J connectivity index is 1.87. The predicted molar refractivity (Wildman–Crippen MR) is 70.9 cm³/mol. The predicted octanol–water partition coefficient (Wildman–Crippen LogP) is 2.01. The molecule has 2 aliphatic rings. The van der Waals surface area contributed by atoms with Gasteiger partial charge in [-0.05, 0) is 45.2 Å². The third kappa shape index (κ3) is 2.19. The van der Waals surface area contributed by atoms with Gasteiger partial charge in [0, 0.05) is 24.3 Å². The summed E-state index contributed by atoms with van der Waals surface area (Å²) in [6.45, 7) is 7.31. The molecule has 3 rings (SSSR count). The van der Waals surface area contributed by atoms with Crippen LogP contribution in [0.5, 0.6) is 0 Å². The molecule has 0 amide bonds. The van der Waals surface area contributed by atoms with Crippen LogP contribution >= 0.6 is 0 Å². The summed E-state index contributed by atoms with van der Waals surface area (Å²) in [5, 5.41) is 8.14. The van der Waals surface area contributed by atoms with Gasteiger partial charge in [-0.1, -0.05) is 0 Å². The van der Waals surface area contributed by atoms with Gasteiger partial charge in [-0.25, -0.2) is 0 Å². The van der Waals surface area contributed by atoms with Gasteiger partial charge in [0.25, 0.3) is 0 Å². The van der Waals surface area contributed by atoms with E-state index in [1.54, 1.807) is 0 Å². The lowest BCUT2D eigenvalue weighted by atomic mass is 9.88. The van der Waals surface area contributed by atoms with Gasteiger partial charge >= 0.3 is 0 Å². The first-order chi connectivity index (χ1) is 8.75. The molecule has 3 heterocycles. The fourth-order valence-electron chi connectivity index (χ4n) is 3.35. The van der Waals surface area contributed by atoms with Crippen molar-refractivity contribution in [3.05, 3.63) is 17.5 Å². The number of piperidine rings is 1. The monoisotopic (exact) mass is 249 g/mol. The highest BCUT2D eigenvalue weighted by molar-refractivity contribution is 5.22. The van der Waals surface area contributed by atoms with E-state index >= 15 is 0 Å². The minimum Gasteiger partial charge on any atom is -0.379 e. The summed E-state index contributed by atoms with van der Waals surface area (Å²) in [6, 6.07) is 1.07. The number of ether oxygens (including phenoxy) is 1. The van der Waals surface area contributed by atoms with E-state index in [2.05, 4.69) is 28.9 Å². The van der Waals surface area contributed by atoms with E-state index in [9.17, 15) is 0 Å². The largest absolute Gasteiger partial charge is 0.379 e. The summed E-state index contributed by atoms with van der Waals surface area (Å²) < 4.78 is 7.77. The first-order valence-electron chi connectivity index (χ1n) is 7.11. The molecule has 0 bridgehead atoms. The van der Waals surface area contributed by atoms with Crippen molar-refractivity contribution in [2.45, 2.75) is 51.1 Å². The van der Waals surface area contributed by atoms with Crippen molar-refractivity contribution >= 4 is 0 Å². The SMILES string of the molecule is Cc1cnn([C@H]2CCOC2)c1C1CCNC(C)C1. The molecule has 2 saturated heterocycles. The molecule has 4 nitrogen and oxygen atoms in total. The second kappa shape index (κ2) is 5.02. The van der Waals surface area contributed by atoms with Gasteiger partial charge in [-0.2, -0.15) is 5.10 Å². The lowest BCUT2D eigenvalue weighted by Gasteiger charge is -2.30. The van der Waals surface area contributed by atoms with Gasteiger partial charge in [0.2, 0.25) is 0 Å². The minimum atomic E-state index is 0.457. The van der Waals surface area contributed by atoms with Crippen LogP contribution in [0.2, 0.25) is 0 Å². The molecular formula is C14H23N3O.